The topological polar surface area (TPSA) is 91.4 Å². The number of nitrogens with zero attached hydrogens (tertiary/aromatic N) is 3. The Morgan fingerprint density at radius 2 is 1.67 bits per heavy atom. The van der Waals surface area contributed by atoms with Crippen molar-refractivity contribution in [3.8, 4) is 16.9 Å². The van der Waals surface area contributed by atoms with Gasteiger partial charge in [-0.3, -0.25) is 24.2 Å². The van der Waals surface area contributed by atoms with E-state index in [1.54, 1.807) is 19.0 Å². The van der Waals surface area contributed by atoms with Gasteiger partial charge in [0.25, 0.3) is 11.8 Å². The van der Waals surface area contributed by atoms with Gasteiger partial charge in [-0.15, -0.1) is 0 Å². The van der Waals surface area contributed by atoms with Crippen LogP contribution in [0.25, 0.3) is 11.1 Å². The number of amides is 2. The van der Waals surface area contributed by atoms with Crippen molar-refractivity contribution >= 4 is 23.3 Å². The van der Waals surface area contributed by atoms with E-state index < -0.39 is 0 Å². The lowest BCUT2D eigenvalue weighted by Gasteiger charge is -2.32. The molecule has 0 radical (unpaired) electrons. The molecule has 2 aliphatic rings. The van der Waals surface area contributed by atoms with Gasteiger partial charge in [0.1, 0.15) is 5.75 Å². The number of ketones is 1. The smallest absolute Gasteiger partial charge is 0.265 e. The van der Waals surface area contributed by atoms with Gasteiger partial charge in [0.2, 0.25) is 0 Å². The van der Waals surface area contributed by atoms with E-state index in [2.05, 4.69) is 34.5 Å². The molecule has 2 heterocycles. The highest BCUT2D eigenvalue weighted by atomic mass is 16.5. The number of aryl methyl sites for hydroxylation is 2. The largest absolute Gasteiger partial charge is 0.482 e. The molecule has 1 saturated heterocycles. The fourth-order valence-electron chi connectivity index (χ4n) is 5.42. The molecule has 1 fully saturated rings. The Labute approximate surface area is 253 Å². The van der Waals surface area contributed by atoms with Crippen molar-refractivity contribution in [2.75, 3.05) is 71.5 Å². The molecule has 43 heavy (non-hydrogen) atoms. The number of anilines is 1. The van der Waals surface area contributed by atoms with E-state index in [0.717, 1.165) is 47.5 Å². The van der Waals surface area contributed by atoms with Crippen LogP contribution in [0.15, 0.2) is 60.7 Å². The Balaban J connectivity index is 1.30. The van der Waals surface area contributed by atoms with E-state index in [4.69, 9.17) is 9.47 Å². The number of carbonyl (C=O) groups excluding carboxylic acids is 3. The maximum Gasteiger partial charge on any atom is 0.265 e. The molecule has 3 aromatic rings. The molecule has 0 spiro atoms. The fourth-order valence-corrected chi connectivity index (χ4v) is 5.42. The zero-order valence-corrected chi connectivity index (χ0v) is 25.4. The van der Waals surface area contributed by atoms with Crippen molar-refractivity contribution in [1.82, 2.24) is 15.1 Å². The summed E-state index contributed by atoms with van der Waals surface area (Å²) in [6.07, 6.45) is 0. The average Bonchev–Trinajstić information content (AvgIpc) is 3.02. The molecular formula is C34H40N4O5. The first-order chi connectivity index (χ1) is 20.7. The third-order valence-corrected chi connectivity index (χ3v) is 8.10. The summed E-state index contributed by atoms with van der Waals surface area (Å²) in [7, 11) is 3.49. The SMILES string of the molecule is Cc1cc2c(cc1C)N(CC(=O)CNC(CN1CCOCC1)c1ccc(-c3cccc(C(=O)N(C)C)c3)cc1)C(=O)CO2. The predicted octanol–water partition coefficient (Wildman–Crippen LogP) is 3.63. The summed E-state index contributed by atoms with van der Waals surface area (Å²) >= 11 is 0. The number of ether oxygens (including phenoxy) is 2. The molecule has 9 nitrogen and oxygen atoms in total. The first kappa shape index (κ1) is 30.4. The van der Waals surface area contributed by atoms with Gasteiger partial charge in [-0.25, -0.2) is 0 Å². The fraction of sp³-hybridized carbons (Fsp3) is 0.382. The molecule has 2 aliphatic heterocycles. The van der Waals surface area contributed by atoms with Crippen molar-refractivity contribution in [2.45, 2.75) is 19.9 Å². The molecule has 0 aliphatic carbocycles. The number of rotatable bonds is 10. The van der Waals surface area contributed by atoms with E-state index in [9.17, 15) is 14.4 Å². The second-order valence-electron chi connectivity index (χ2n) is 11.5. The summed E-state index contributed by atoms with van der Waals surface area (Å²) < 4.78 is 11.2. The van der Waals surface area contributed by atoms with Crippen molar-refractivity contribution < 1.29 is 23.9 Å². The van der Waals surface area contributed by atoms with Crippen LogP contribution in [0.1, 0.15) is 33.1 Å². The minimum atomic E-state index is -0.221. The number of morpholine rings is 1. The van der Waals surface area contributed by atoms with Gasteiger partial charge in [0.05, 0.1) is 32.0 Å². The molecule has 2 amide bonds. The molecule has 9 heteroatoms. The minimum absolute atomic E-state index is 0.0179. The maximum atomic E-state index is 13.3. The van der Waals surface area contributed by atoms with E-state index in [1.165, 1.54) is 4.90 Å². The van der Waals surface area contributed by atoms with Crippen LogP contribution < -0.4 is 15.0 Å². The lowest BCUT2D eigenvalue weighted by Crippen LogP contribution is -2.46. The monoisotopic (exact) mass is 584 g/mol. The quantitative estimate of drug-likeness (QED) is 0.389. The van der Waals surface area contributed by atoms with Crippen molar-refractivity contribution in [2.24, 2.45) is 0 Å². The predicted molar refractivity (Wildman–Crippen MR) is 167 cm³/mol. The highest BCUT2D eigenvalue weighted by molar-refractivity contribution is 6.03. The Morgan fingerprint density at radius 3 is 2.40 bits per heavy atom. The summed E-state index contributed by atoms with van der Waals surface area (Å²) in [5, 5.41) is 3.48. The zero-order valence-electron chi connectivity index (χ0n) is 25.4. The molecule has 0 aromatic heterocycles. The minimum Gasteiger partial charge on any atom is -0.482 e. The van der Waals surface area contributed by atoms with Gasteiger partial charge in [-0.2, -0.15) is 0 Å². The normalized spacial score (nSPS) is 15.9. The van der Waals surface area contributed by atoms with Crippen LogP contribution in [0.3, 0.4) is 0 Å². The molecule has 1 N–H and O–H groups in total. The third-order valence-electron chi connectivity index (χ3n) is 8.10. The van der Waals surface area contributed by atoms with Crippen molar-refractivity contribution in [3.05, 3.63) is 82.9 Å². The standard InChI is InChI=1S/C34H40N4O5/c1-23-16-31-32(17-24(23)2)43-22-33(40)38(31)20-29(39)19-35-30(21-37-12-14-42-15-13-37)26-10-8-25(9-11-26)27-6-5-7-28(18-27)34(41)36(3)4/h5-11,16-18,30,35H,12-15,19-22H2,1-4H3. The van der Waals surface area contributed by atoms with Crippen LogP contribution in [0.4, 0.5) is 5.69 Å². The highest BCUT2D eigenvalue weighted by Crippen LogP contribution is 2.34. The van der Waals surface area contributed by atoms with Gasteiger partial charge >= 0.3 is 0 Å². The summed E-state index contributed by atoms with van der Waals surface area (Å²) in [5.41, 5.74) is 6.43. The number of carbonyl (C=O) groups is 3. The number of hydrogen-bond acceptors (Lipinski definition) is 7. The highest BCUT2D eigenvalue weighted by Gasteiger charge is 2.28. The molecular weight excluding hydrogens is 544 g/mol. The van der Waals surface area contributed by atoms with Crippen LogP contribution in [-0.2, 0) is 14.3 Å². The number of nitrogens with one attached hydrogen (secondary N) is 1. The first-order valence-corrected chi connectivity index (χ1v) is 14.7. The van der Waals surface area contributed by atoms with Gasteiger partial charge < -0.3 is 19.7 Å². The first-order valence-electron chi connectivity index (χ1n) is 14.7. The lowest BCUT2D eigenvalue weighted by atomic mass is 9.98. The lowest BCUT2D eigenvalue weighted by molar-refractivity contribution is -0.124. The third kappa shape index (κ3) is 7.30. The van der Waals surface area contributed by atoms with Crippen LogP contribution in [0.2, 0.25) is 0 Å². The van der Waals surface area contributed by atoms with Crippen LogP contribution in [0.5, 0.6) is 5.75 Å². The summed E-state index contributed by atoms with van der Waals surface area (Å²) in [6, 6.07) is 19.6. The second kappa shape index (κ2) is 13.5. The van der Waals surface area contributed by atoms with Gasteiger partial charge in [-0.1, -0.05) is 36.4 Å². The number of Topliss-reactive ketones (excluding diaryl/α,β-unsaturated/α-hetero) is 1. The molecule has 5 rings (SSSR count). The van der Waals surface area contributed by atoms with Crippen LogP contribution in [0, 0.1) is 13.8 Å². The zero-order chi connectivity index (χ0) is 30.5. The van der Waals surface area contributed by atoms with Crippen LogP contribution >= 0.6 is 0 Å². The maximum absolute atomic E-state index is 13.3. The molecule has 0 saturated carbocycles. The van der Waals surface area contributed by atoms with E-state index in [0.29, 0.717) is 30.2 Å². The Bertz CT molecular complexity index is 1480. The number of benzene rings is 3. The van der Waals surface area contributed by atoms with Gasteiger partial charge in [-0.05, 0) is 65.9 Å². The summed E-state index contributed by atoms with van der Waals surface area (Å²) in [4.78, 5) is 43.9. The average molecular weight is 585 g/mol. The Kier molecular flexibility index (Phi) is 9.55. The molecule has 3 aromatic carbocycles. The van der Waals surface area contributed by atoms with Crippen molar-refractivity contribution in [1.29, 1.82) is 0 Å². The summed E-state index contributed by atoms with van der Waals surface area (Å²) in [5.74, 6) is 0.294. The molecule has 226 valence electrons. The van der Waals surface area contributed by atoms with E-state index in [-0.39, 0.29) is 43.3 Å². The molecule has 0 bridgehead atoms. The Morgan fingerprint density at radius 1 is 0.953 bits per heavy atom. The van der Waals surface area contributed by atoms with Gasteiger partial charge in [0.15, 0.2) is 12.4 Å². The van der Waals surface area contributed by atoms with Crippen molar-refractivity contribution in [3.63, 3.8) is 0 Å². The van der Waals surface area contributed by atoms with Gasteiger partial charge in [0, 0.05) is 45.3 Å². The molecule has 1 unspecified atom stereocenters. The summed E-state index contributed by atoms with van der Waals surface area (Å²) in [6.45, 7) is 7.76. The van der Waals surface area contributed by atoms with E-state index in [1.807, 2.05) is 50.2 Å². The number of fused-ring (bicyclic) bond motifs is 1. The van der Waals surface area contributed by atoms with Crippen LogP contribution in [-0.4, -0.2) is 94.0 Å². The molecule has 1 atom stereocenters. The Hall–Kier alpha value is -4.05. The number of hydrogen-bond donors (Lipinski definition) is 1. The second-order valence-corrected chi connectivity index (χ2v) is 11.5. The van der Waals surface area contributed by atoms with E-state index >= 15 is 0 Å².